The molecule has 0 heterocycles. The molecule has 0 saturated heterocycles. The zero-order valence-electron chi connectivity index (χ0n) is 14.3. The second-order valence-corrected chi connectivity index (χ2v) is 6.07. The standard InChI is InChI=1S/C20H25NO3/c1-22-17-7-5-16(6-8-17)20(15-3-4-15)21-13-14-24-19-11-9-18(23-2)10-12-19/h5-12,15,20-21H,3-4,13-14H2,1-2H3. The van der Waals surface area contributed by atoms with Crippen molar-refractivity contribution in [2.24, 2.45) is 5.92 Å². The van der Waals surface area contributed by atoms with Crippen LogP contribution in [0.3, 0.4) is 0 Å². The Hall–Kier alpha value is -2.20. The van der Waals surface area contributed by atoms with Gasteiger partial charge in [-0.15, -0.1) is 0 Å². The molecule has 2 aromatic rings. The number of hydrogen-bond donors (Lipinski definition) is 1. The van der Waals surface area contributed by atoms with Gasteiger partial charge in [0.15, 0.2) is 0 Å². The number of nitrogens with one attached hydrogen (secondary N) is 1. The molecule has 0 radical (unpaired) electrons. The van der Waals surface area contributed by atoms with Gasteiger partial charge in [0.1, 0.15) is 23.9 Å². The molecule has 4 heteroatoms. The van der Waals surface area contributed by atoms with Crippen LogP contribution in [0.25, 0.3) is 0 Å². The van der Waals surface area contributed by atoms with Gasteiger partial charge in [0.2, 0.25) is 0 Å². The SMILES string of the molecule is COc1ccc(OCCNC(c2ccc(OC)cc2)C2CC2)cc1. The minimum absolute atomic E-state index is 0.398. The van der Waals surface area contributed by atoms with Gasteiger partial charge in [0, 0.05) is 12.6 Å². The number of rotatable bonds is 9. The van der Waals surface area contributed by atoms with Gasteiger partial charge in [-0.1, -0.05) is 12.1 Å². The first-order valence-corrected chi connectivity index (χ1v) is 8.44. The molecule has 4 nitrogen and oxygen atoms in total. The summed E-state index contributed by atoms with van der Waals surface area (Å²) in [6.45, 7) is 1.46. The lowest BCUT2D eigenvalue weighted by Crippen LogP contribution is -2.27. The van der Waals surface area contributed by atoms with Gasteiger partial charge in [0.05, 0.1) is 14.2 Å². The molecular weight excluding hydrogens is 302 g/mol. The Balaban J connectivity index is 1.49. The summed E-state index contributed by atoms with van der Waals surface area (Å²) in [5, 5.41) is 3.64. The summed E-state index contributed by atoms with van der Waals surface area (Å²) < 4.78 is 16.2. The highest BCUT2D eigenvalue weighted by Crippen LogP contribution is 2.41. The zero-order valence-corrected chi connectivity index (χ0v) is 14.3. The second-order valence-electron chi connectivity index (χ2n) is 6.07. The predicted molar refractivity (Wildman–Crippen MR) is 95.0 cm³/mol. The van der Waals surface area contributed by atoms with Crippen LogP contribution in [0.5, 0.6) is 17.2 Å². The summed E-state index contributed by atoms with van der Waals surface area (Å²) in [6, 6.07) is 16.4. The molecule has 2 aromatic carbocycles. The third kappa shape index (κ3) is 4.42. The van der Waals surface area contributed by atoms with Gasteiger partial charge >= 0.3 is 0 Å². The van der Waals surface area contributed by atoms with E-state index in [1.165, 1.54) is 18.4 Å². The summed E-state index contributed by atoms with van der Waals surface area (Å²) in [6.07, 6.45) is 2.59. The van der Waals surface area contributed by atoms with E-state index < -0.39 is 0 Å². The maximum atomic E-state index is 5.79. The van der Waals surface area contributed by atoms with E-state index in [2.05, 4.69) is 17.4 Å². The summed E-state index contributed by atoms with van der Waals surface area (Å²) in [5.74, 6) is 3.34. The Morgan fingerprint density at radius 3 is 1.96 bits per heavy atom. The molecule has 1 unspecified atom stereocenters. The maximum Gasteiger partial charge on any atom is 0.119 e. The molecule has 3 rings (SSSR count). The minimum Gasteiger partial charge on any atom is -0.497 e. The fourth-order valence-electron chi connectivity index (χ4n) is 2.85. The Morgan fingerprint density at radius 2 is 1.42 bits per heavy atom. The molecule has 0 aliphatic heterocycles. The first-order chi connectivity index (χ1) is 11.8. The predicted octanol–water partition coefficient (Wildman–Crippen LogP) is 3.82. The fraction of sp³-hybridized carbons (Fsp3) is 0.400. The van der Waals surface area contributed by atoms with Crippen LogP contribution in [0.2, 0.25) is 0 Å². The number of methoxy groups -OCH3 is 2. The van der Waals surface area contributed by atoms with Crippen molar-refractivity contribution in [3.8, 4) is 17.2 Å². The van der Waals surface area contributed by atoms with Crippen molar-refractivity contribution < 1.29 is 14.2 Å². The van der Waals surface area contributed by atoms with Gasteiger partial charge in [-0.05, 0) is 60.7 Å². The molecule has 24 heavy (non-hydrogen) atoms. The van der Waals surface area contributed by atoms with E-state index in [-0.39, 0.29) is 0 Å². The first-order valence-electron chi connectivity index (χ1n) is 8.44. The number of hydrogen-bond acceptors (Lipinski definition) is 4. The van der Waals surface area contributed by atoms with Crippen LogP contribution in [0, 0.1) is 5.92 Å². The van der Waals surface area contributed by atoms with Crippen molar-refractivity contribution in [3.63, 3.8) is 0 Å². The molecule has 1 fully saturated rings. The van der Waals surface area contributed by atoms with Crippen LogP contribution in [0.4, 0.5) is 0 Å². The van der Waals surface area contributed by atoms with Crippen LogP contribution in [0.15, 0.2) is 48.5 Å². The quantitative estimate of drug-likeness (QED) is 0.711. The minimum atomic E-state index is 0.398. The zero-order chi connectivity index (χ0) is 16.8. The maximum absolute atomic E-state index is 5.79. The summed E-state index contributed by atoms with van der Waals surface area (Å²) >= 11 is 0. The molecular formula is C20H25NO3. The van der Waals surface area contributed by atoms with E-state index in [1.807, 2.05) is 36.4 Å². The highest BCUT2D eigenvalue weighted by molar-refractivity contribution is 5.31. The fourth-order valence-corrected chi connectivity index (χ4v) is 2.85. The van der Waals surface area contributed by atoms with Crippen LogP contribution in [-0.2, 0) is 0 Å². The average Bonchev–Trinajstić information content (AvgIpc) is 3.47. The van der Waals surface area contributed by atoms with Crippen molar-refractivity contribution in [2.75, 3.05) is 27.4 Å². The third-order valence-electron chi connectivity index (χ3n) is 4.36. The molecule has 1 aliphatic carbocycles. The van der Waals surface area contributed by atoms with Gasteiger partial charge in [-0.3, -0.25) is 0 Å². The van der Waals surface area contributed by atoms with E-state index >= 15 is 0 Å². The Morgan fingerprint density at radius 1 is 0.875 bits per heavy atom. The van der Waals surface area contributed by atoms with E-state index in [4.69, 9.17) is 14.2 Å². The second kappa shape index (κ2) is 8.06. The van der Waals surface area contributed by atoms with Gasteiger partial charge in [0.25, 0.3) is 0 Å². The molecule has 0 bridgehead atoms. The lowest BCUT2D eigenvalue weighted by molar-refractivity contribution is 0.300. The van der Waals surface area contributed by atoms with E-state index in [9.17, 15) is 0 Å². The highest BCUT2D eigenvalue weighted by Gasteiger charge is 2.31. The monoisotopic (exact) mass is 327 g/mol. The normalized spacial score (nSPS) is 14.9. The summed E-state index contributed by atoms with van der Waals surface area (Å²) in [5.41, 5.74) is 1.32. The summed E-state index contributed by atoms with van der Waals surface area (Å²) in [7, 11) is 3.36. The Kier molecular flexibility index (Phi) is 5.59. The molecule has 1 aliphatic rings. The molecule has 0 spiro atoms. The molecule has 1 saturated carbocycles. The van der Waals surface area contributed by atoms with Gasteiger partial charge in [-0.25, -0.2) is 0 Å². The van der Waals surface area contributed by atoms with E-state index in [0.29, 0.717) is 12.6 Å². The molecule has 128 valence electrons. The van der Waals surface area contributed by atoms with Crippen molar-refractivity contribution >= 4 is 0 Å². The van der Waals surface area contributed by atoms with Crippen LogP contribution < -0.4 is 19.5 Å². The largest absolute Gasteiger partial charge is 0.497 e. The van der Waals surface area contributed by atoms with Crippen molar-refractivity contribution in [1.29, 1.82) is 0 Å². The lowest BCUT2D eigenvalue weighted by Gasteiger charge is -2.19. The topological polar surface area (TPSA) is 39.7 Å². The molecule has 1 atom stereocenters. The van der Waals surface area contributed by atoms with Crippen molar-refractivity contribution in [1.82, 2.24) is 5.32 Å². The number of ether oxygens (including phenoxy) is 3. The summed E-state index contributed by atoms with van der Waals surface area (Å²) in [4.78, 5) is 0. The highest BCUT2D eigenvalue weighted by atomic mass is 16.5. The van der Waals surface area contributed by atoms with Gasteiger partial charge in [-0.2, -0.15) is 0 Å². The van der Waals surface area contributed by atoms with Crippen LogP contribution in [-0.4, -0.2) is 27.4 Å². The average molecular weight is 327 g/mol. The number of benzene rings is 2. The van der Waals surface area contributed by atoms with E-state index in [1.54, 1.807) is 14.2 Å². The van der Waals surface area contributed by atoms with Crippen LogP contribution >= 0.6 is 0 Å². The van der Waals surface area contributed by atoms with E-state index in [0.717, 1.165) is 29.7 Å². The third-order valence-corrected chi connectivity index (χ3v) is 4.36. The van der Waals surface area contributed by atoms with Crippen LogP contribution in [0.1, 0.15) is 24.4 Å². The molecule has 0 aromatic heterocycles. The smallest absolute Gasteiger partial charge is 0.119 e. The molecule has 0 amide bonds. The molecule has 1 N–H and O–H groups in total. The van der Waals surface area contributed by atoms with Crippen molar-refractivity contribution in [3.05, 3.63) is 54.1 Å². The Labute approximate surface area is 143 Å². The lowest BCUT2D eigenvalue weighted by atomic mass is 10.0. The Bertz CT molecular complexity index is 620. The first kappa shape index (κ1) is 16.7. The van der Waals surface area contributed by atoms with Crippen molar-refractivity contribution in [2.45, 2.75) is 18.9 Å². The van der Waals surface area contributed by atoms with Gasteiger partial charge < -0.3 is 19.5 Å².